The van der Waals surface area contributed by atoms with Gasteiger partial charge < -0.3 is 5.73 Å². The van der Waals surface area contributed by atoms with E-state index in [9.17, 15) is 0 Å². The lowest BCUT2D eigenvalue weighted by atomic mass is 9.81. The van der Waals surface area contributed by atoms with Gasteiger partial charge in [0.1, 0.15) is 0 Å². The molecular formula is C10H18N2. The summed E-state index contributed by atoms with van der Waals surface area (Å²) in [5, 5.41) is 0. The first-order valence-electron chi connectivity index (χ1n) is 4.48. The number of hydrogen-bond donors (Lipinski definition) is 1. The third-order valence-corrected chi connectivity index (χ3v) is 3.09. The Morgan fingerprint density at radius 3 is 2.83 bits per heavy atom. The van der Waals surface area contributed by atoms with E-state index in [2.05, 4.69) is 24.7 Å². The molecule has 1 rings (SSSR count). The molecule has 2 heteroatoms. The van der Waals surface area contributed by atoms with Gasteiger partial charge in [-0.1, -0.05) is 19.8 Å². The third kappa shape index (κ3) is 1.63. The van der Waals surface area contributed by atoms with Gasteiger partial charge in [0, 0.05) is 13.1 Å². The Balaban J connectivity index is 2.57. The number of nitrogens with two attached hydrogens (primary N) is 1. The van der Waals surface area contributed by atoms with Gasteiger partial charge in [-0.2, -0.15) is 0 Å². The molecule has 0 radical (unpaired) electrons. The molecule has 0 aliphatic carbocycles. The largest absolute Gasteiger partial charge is 0.330 e. The van der Waals surface area contributed by atoms with Gasteiger partial charge >= 0.3 is 0 Å². The quantitative estimate of drug-likeness (QED) is 0.607. The van der Waals surface area contributed by atoms with Crippen molar-refractivity contribution in [1.29, 1.82) is 0 Å². The van der Waals surface area contributed by atoms with Crippen molar-refractivity contribution in [3.05, 3.63) is 0 Å². The number of likely N-dealkylation sites (tertiary alicyclic amines) is 1. The van der Waals surface area contributed by atoms with Crippen molar-refractivity contribution >= 4 is 0 Å². The van der Waals surface area contributed by atoms with Crippen LogP contribution < -0.4 is 5.73 Å². The molecule has 1 saturated heterocycles. The molecule has 68 valence electrons. The standard InChI is InChI=1S/C10H18N2/c1-4-5-12-6-9(2)10(3,7-11)8-12/h1,9H,5-8,11H2,2-3H3. The minimum absolute atomic E-state index is 0.275. The molecule has 0 amide bonds. The van der Waals surface area contributed by atoms with E-state index >= 15 is 0 Å². The van der Waals surface area contributed by atoms with Crippen LogP contribution in [-0.2, 0) is 0 Å². The molecule has 0 spiro atoms. The van der Waals surface area contributed by atoms with Gasteiger partial charge in [0.25, 0.3) is 0 Å². The molecule has 2 nitrogen and oxygen atoms in total. The van der Waals surface area contributed by atoms with Gasteiger partial charge in [0.2, 0.25) is 0 Å². The number of terminal acetylenes is 1. The summed E-state index contributed by atoms with van der Waals surface area (Å²) in [4.78, 5) is 2.30. The summed E-state index contributed by atoms with van der Waals surface area (Å²) in [6.45, 7) is 8.17. The smallest absolute Gasteiger partial charge is 0.0599 e. The van der Waals surface area contributed by atoms with Crippen LogP contribution in [-0.4, -0.2) is 31.1 Å². The average Bonchev–Trinajstić information content (AvgIpc) is 2.30. The molecule has 2 atom stereocenters. The Morgan fingerprint density at radius 1 is 1.75 bits per heavy atom. The first-order chi connectivity index (χ1) is 5.62. The van der Waals surface area contributed by atoms with E-state index in [1.807, 2.05) is 0 Å². The van der Waals surface area contributed by atoms with Crippen molar-refractivity contribution in [1.82, 2.24) is 4.90 Å². The number of nitrogens with zero attached hydrogens (tertiary/aromatic N) is 1. The molecule has 1 aliphatic rings. The minimum Gasteiger partial charge on any atom is -0.330 e. The van der Waals surface area contributed by atoms with Gasteiger partial charge in [-0.05, 0) is 17.9 Å². The number of hydrogen-bond acceptors (Lipinski definition) is 2. The molecule has 0 aromatic rings. The van der Waals surface area contributed by atoms with Crippen LogP contribution in [0.5, 0.6) is 0 Å². The maximum absolute atomic E-state index is 5.74. The second kappa shape index (κ2) is 3.47. The van der Waals surface area contributed by atoms with E-state index in [0.717, 1.165) is 26.2 Å². The maximum atomic E-state index is 5.74. The second-order valence-electron chi connectivity index (χ2n) is 4.13. The van der Waals surface area contributed by atoms with E-state index in [4.69, 9.17) is 12.2 Å². The summed E-state index contributed by atoms with van der Waals surface area (Å²) in [6.07, 6.45) is 5.26. The predicted octanol–water partition coefficient (Wildman–Crippen LogP) is 0.536. The Bertz CT molecular complexity index is 195. The summed E-state index contributed by atoms with van der Waals surface area (Å²) < 4.78 is 0. The highest BCUT2D eigenvalue weighted by Crippen LogP contribution is 2.33. The Hall–Kier alpha value is -0.520. The van der Waals surface area contributed by atoms with Crippen LogP contribution in [0.15, 0.2) is 0 Å². The van der Waals surface area contributed by atoms with Crippen LogP contribution in [0.4, 0.5) is 0 Å². The molecule has 12 heavy (non-hydrogen) atoms. The fourth-order valence-corrected chi connectivity index (χ4v) is 1.85. The first kappa shape index (κ1) is 9.57. The lowest BCUT2D eigenvalue weighted by Gasteiger charge is -2.26. The van der Waals surface area contributed by atoms with Crippen molar-refractivity contribution < 1.29 is 0 Å². The van der Waals surface area contributed by atoms with E-state index in [1.54, 1.807) is 0 Å². The SMILES string of the molecule is C#CCN1CC(C)C(C)(CN)C1. The van der Waals surface area contributed by atoms with Crippen molar-refractivity contribution in [3.63, 3.8) is 0 Å². The van der Waals surface area contributed by atoms with Crippen LogP contribution in [0.3, 0.4) is 0 Å². The summed E-state index contributed by atoms with van der Waals surface area (Å²) >= 11 is 0. The lowest BCUT2D eigenvalue weighted by Crippen LogP contribution is -2.34. The van der Waals surface area contributed by atoms with Gasteiger partial charge in [0.05, 0.1) is 6.54 Å². The van der Waals surface area contributed by atoms with E-state index in [-0.39, 0.29) is 5.41 Å². The molecular weight excluding hydrogens is 148 g/mol. The van der Waals surface area contributed by atoms with Crippen molar-refractivity contribution in [2.45, 2.75) is 13.8 Å². The average molecular weight is 166 g/mol. The highest BCUT2D eigenvalue weighted by Gasteiger charge is 2.38. The Morgan fingerprint density at radius 2 is 2.42 bits per heavy atom. The molecule has 0 saturated carbocycles. The van der Waals surface area contributed by atoms with Crippen LogP contribution in [0.1, 0.15) is 13.8 Å². The summed E-state index contributed by atoms with van der Waals surface area (Å²) in [5.41, 5.74) is 6.01. The zero-order chi connectivity index (χ0) is 9.19. The number of rotatable bonds is 2. The Labute approximate surface area is 75.1 Å². The lowest BCUT2D eigenvalue weighted by molar-refractivity contribution is 0.270. The van der Waals surface area contributed by atoms with Gasteiger partial charge in [0.15, 0.2) is 0 Å². The Kier molecular flexibility index (Phi) is 2.76. The van der Waals surface area contributed by atoms with E-state index in [0.29, 0.717) is 5.92 Å². The fourth-order valence-electron chi connectivity index (χ4n) is 1.85. The maximum Gasteiger partial charge on any atom is 0.0599 e. The fraction of sp³-hybridized carbons (Fsp3) is 0.800. The van der Waals surface area contributed by atoms with Gasteiger partial charge in [-0.3, -0.25) is 4.90 Å². The van der Waals surface area contributed by atoms with Crippen LogP contribution in [0.2, 0.25) is 0 Å². The minimum atomic E-state index is 0.275. The monoisotopic (exact) mass is 166 g/mol. The van der Waals surface area contributed by atoms with Crippen LogP contribution in [0.25, 0.3) is 0 Å². The third-order valence-electron chi connectivity index (χ3n) is 3.09. The van der Waals surface area contributed by atoms with Crippen LogP contribution >= 0.6 is 0 Å². The van der Waals surface area contributed by atoms with Gasteiger partial charge in [-0.25, -0.2) is 0 Å². The molecule has 0 aromatic carbocycles. The molecule has 2 unspecified atom stereocenters. The normalized spacial score (nSPS) is 36.7. The molecule has 1 heterocycles. The summed E-state index contributed by atoms with van der Waals surface area (Å²) in [6, 6.07) is 0. The highest BCUT2D eigenvalue weighted by molar-refractivity contribution is 4.97. The van der Waals surface area contributed by atoms with Crippen molar-refractivity contribution in [2.75, 3.05) is 26.2 Å². The van der Waals surface area contributed by atoms with Crippen molar-refractivity contribution in [3.8, 4) is 12.3 Å². The zero-order valence-electron chi connectivity index (χ0n) is 8.01. The molecule has 0 aromatic heterocycles. The van der Waals surface area contributed by atoms with E-state index in [1.165, 1.54) is 0 Å². The summed E-state index contributed by atoms with van der Waals surface area (Å²) in [5.74, 6) is 3.34. The first-order valence-corrected chi connectivity index (χ1v) is 4.48. The van der Waals surface area contributed by atoms with Crippen LogP contribution in [0, 0.1) is 23.7 Å². The molecule has 1 fully saturated rings. The predicted molar refractivity (Wildman–Crippen MR) is 51.6 cm³/mol. The van der Waals surface area contributed by atoms with E-state index < -0.39 is 0 Å². The molecule has 1 aliphatic heterocycles. The summed E-state index contributed by atoms with van der Waals surface area (Å²) in [7, 11) is 0. The van der Waals surface area contributed by atoms with Gasteiger partial charge in [-0.15, -0.1) is 6.42 Å². The molecule has 0 bridgehead atoms. The topological polar surface area (TPSA) is 29.3 Å². The molecule has 2 N–H and O–H groups in total. The van der Waals surface area contributed by atoms with Crippen molar-refractivity contribution in [2.24, 2.45) is 17.1 Å². The second-order valence-corrected chi connectivity index (χ2v) is 4.13. The highest BCUT2D eigenvalue weighted by atomic mass is 15.2. The zero-order valence-corrected chi connectivity index (χ0v) is 8.01.